The number of amides is 1. The van der Waals surface area contributed by atoms with Crippen molar-refractivity contribution in [3.05, 3.63) is 59.3 Å². The number of ether oxygens (including phenoxy) is 2. The van der Waals surface area contributed by atoms with Crippen molar-refractivity contribution in [2.45, 2.75) is 51.7 Å². The van der Waals surface area contributed by atoms with Crippen molar-refractivity contribution < 1.29 is 27.4 Å². The molecule has 2 aromatic heterocycles. The fourth-order valence-electron chi connectivity index (χ4n) is 4.12. The van der Waals surface area contributed by atoms with Crippen molar-refractivity contribution in [2.24, 2.45) is 0 Å². The summed E-state index contributed by atoms with van der Waals surface area (Å²) in [6, 6.07) is 5.70. The van der Waals surface area contributed by atoms with Crippen LogP contribution in [0.25, 0.3) is 11.3 Å². The van der Waals surface area contributed by atoms with Gasteiger partial charge in [0.05, 0.1) is 28.7 Å². The molecule has 0 saturated carbocycles. The van der Waals surface area contributed by atoms with Gasteiger partial charge in [-0.05, 0) is 39.0 Å². The van der Waals surface area contributed by atoms with Gasteiger partial charge >= 0.3 is 0 Å². The SMILES string of the molecule is COC(C)(C)COc1cnccc1-c1[nH]c2c(c1Nc1cccc(F)c1CC(F)F)C(=O)NC(C)C2. The maximum atomic E-state index is 14.5. The van der Waals surface area contributed by atoms with Gasteiger partial charge in [-0.1, -0.05) is 6.07 Å². The van der Waals surface area contributed by atoms with Crippen molar-refractivity contribution in [2.75, 3.05) is 19.0 Å². The Morgan fingerprint density at radius 3 is 2.78 bits per heavy atom. The van der Waals surface area contributed by atoms with Crippen molar-refractivity contribution in [3.8, 4) is 17.0 Å². The number of rotatable bonds is 9. The lowest BCUT2D eigenvalue weighted by molar-refractivity contribution is -0.0146. The number of H-pyrrole nitrogens is 1. The molecule has 3 heterocycles. The van der Waals surface area contributed by atoms with Crippen LogP contribution in [-0.2, 0) is 17.6 Å². The largest absolute Gasteiger partial charge is 0.488 e. The average molecular weight is 503 g/mol. The fourth-order valence-corrected chi connectivity index (χ4v) is 4.12. The summed E-state index contributed by atoms with van der Waals surface area (Å²) in [6.07, 6.45) is 0.157. The zero-order chi connectivity index (χ0) is 26.0. The van der Waals surface area contributed by atoms with Gasteiger partial charge in [-0.2, -0.15) is 0 Å². The Morgan fingerprint density at radius 2 is 2.06 bits per heavy atom. The molecule has 7 nitrogen and oxygen atoms in total. The van der Waals surface area contributed by atoms with E-state index in [-0.39, 0.29) is 29.8 Å². The number of aromatic nitrogens is 2. The predicted octanol–water partition coefficient (Wildman–Crippen LogP) is 5.25. The highest BCUT2D eigenvalue weighted by Crippen LogP contribution is 2.41. The molecular formula is C26H29F3N4O3. The monoisotopic (exact) mass is 502 g/mol. The van der Waals surface area contributed by atoms with Gasteiger partial charge in [-0.25, -0.2) is 13.2 Å². The van der Waals surface area contributed by atoms with E-state index in [0.29, 0.717) is 40.4 Å². The molecule has 3 N–H and O–H groups in total. The van der Waals surface area contributed by atoms with E-state index in [4.69, 9.17) is 9.47 Å². The summed E-state index contributed by atoms with van der Waals surface area (Å²) in [6.45, 7) is 5.87. The summed E-state index contributed by atoms with van der Waals surface area (Å²) in [5.41, 5.74) is 1.89. The lowest BCUT2D eigenvalue weighted by Crippen LogP contribution is -2.39. The third kappa shape index (κ3) is 5.33. The van der Waals surface area contributed by atoms with Crippen LogP contribution in [0.5, 0.6) is 5.75 Å². The minimum Gasteiger partial charge on any atom is -0.488 e. The molecule has 1 aromatic carbocycles. The van der Waals surface area contributed by atoms with Crippen LogP contribution in [0.4, 0.5) is 24.5 Å². The van der Waals surface area contributed by atoms with E-state index < -0.39 is 24.3 Å². The minimum absolute atomic E-state index is 0.108. The molecule has 0 bridgehead atoms. The molecule has 0 aliphatic carbocycles. The number of halogens is 3. The molecule has 3 aromatic rings. The first-order chi connectivity index (χ1) is 17.1. The van der Waals surface area contributed by atoms with Gasteiger partial charge in [0.1, 0.15) is 18.2 Å². The number of nitrogens with one attached hydrogen (secondary N) is 3. The van der Waals surface area contributed by atoms with Crippen LogP contribution in [-0.4, -0.2) is 47.7 Å². The van der Waals surface area contributed by atoms with Crippen molar-refractivity contribution in [1.29, 1.82) is 0 Å². The normalized spacial score (nSPS) is 15.6. The van der Waals surface area contributed by atoms with E-state index in [1.165, 1.54) is 12.1 Å². The summed E-state index contributed by atoms with van der Waals surface area (Å²) in [4.78, 5) is 20.5. The summed E-state index contributed by atoms with van der Waals surface area (Å²) < 4.78 is 52.5. The average Bonchev–Trinajstić information content (AvgIpc) is 3.18. The van der Waals surface area contributed by atoms with Crippen LogP contribution in [0, 0.1) is 5.82 Å². The van der Waals surface area contributed by atoms with E-state index >= 15 is 0 Å². The number of hydrogen-bond acceptors (Lipinski definition) is 5. The van der Waals surface area contributed by atoms with Crippen LogP contribution in [0.3, 0.4) is 0 Å². The van der Waals surface area contributed by atoms with Gasteiger partial charge in [-0.3, -0.25) is 9.78 Å². The first kappa shape index (κ1) is 25.6. The molecular weight excluding hydrogens is 473 g/mol. The number of benzene rings is 1. The number of fused-ring (bicyclic) bond motifs is 1. The Balaban J connectivity index is 1.84. The van der Waals surface area contributed by atoms with Gasteiger partial charge in [0.2, 0.25) is 6.43 Å². The van der Waals surface area contributed by atoms with Crippen molar-refractivity contribution in [1.82, 2.24) is 15.3 Å². The topological polar surface area (TPSA) is 88.3 Å². The summed E-state index contributed by atoms with van der Waals surface area (Å²) in [7, 11) is 1.59. The van der Waals surface area contributed by atoms with Gasteiger partial charge in [0, 0.05) is 54.7 Å². The zero-order valence-corrected chi connectivity index (χ0v) is 20.5. The number of anilines is 2. The highest BCUT2D eigenvalue weighted by molar-refractivity contribution is 6.06. The van der Waals surface area contributed by atoms with E-state index in [1.54, 1.807) is 25.6 Å². The zero-order valence-electron chi connectivity index (χ0n) is 20.5. The quantitative estimate of drug-likeness (QED) is 0.372. The summed E-state index contributed by atoms with van der Waals surface area (Å²) in [5, 5.41) is 5.98. The second-order valence-corrected chi connectivity index (χ2v) is 9.42. The van der Waals surface area contributed by atoms with E-state index in [2.05, 4.69) is 20.6 Å². The van der Waals surface area contributed by atoms with Crippen molar-refractivity contribution >= 4 is 17.3 Å². The highest BCUT2D eigenvalue weighted by atomic mass is 19.3. The summed E-state index contributed by atoms with van der Waals surface area (Å²) in [5.74, 6) is -0.638. The Hall–Kier alpha value is -3.53. The molecule has 1 aliphatic heterocycles. The number of carbonyl (C=O) groups excluding carboxylic acids is 1. The van der Waals surface area contributed by atoms with Crippen LogP contribution < -0.4 is 15.4 Å². The number of hydrogen-bond donors (Lipinski definition) is 3. The molecule has 0 spiro atoms. The smallest absolute Gasteiger partial charge is 0.255 e. The van der Waals surface area contributed by atoms with E-state index in [0.717, 1.165) is 6.07 Å². The first-order valence-corrected chi connectivity index (χ1v) is 11.6. The molecule has 1 aliphatic rings. The Morgan fingerprint density at radius 1 is 1.28 bits per heavy atom. The van der Waals surface area contributed by atoms with Crippen LogP contribution in [0.15, 0.2) is 36.7 Å². The number of methoxy groups -OCH3 is 1. The molecule has 0 fully saturated rings. The molecule has 1 atom stereocenters. The number of aromatic amines is 1. The van der Waals surface area contributed by atoms with Crippen LogP contribution >= 0.6 is 0 Å². The molecule has 36 heavy (non-hydrogen) atoms. The number of pyridine rings is 1. The molecule has 192 valence electrons. The molecule has 1 unspecified atom stereocenters. The maximum Gasteiger partial charge on any atom is 0.255 e. The van der Waals surface area contributed by atoms with Gasteiger partial charge in [0.15, 0.2) is 0 Å². The Labute approximate surface area is 207 Å². The fraction of sp³-hybridized carbons (Fsp3) is 0.385. The standard InChI is InChI=1S/C26H29F3N4O3/c1-14-10-19-22(25(34)31-14)24(32-18-7-5-6-17(27)16(18)11-21(28)29)23(33-19)15-8-9-30-12-20(15)36-13-26(2,3)35-4/h5-9,12,14,21,32-33H,10-11,13H2,1-4H3,(H,31,34). The van der Waals surface area contributed by atoms with Crippen molar-refractivity contribution in [3.63, 3.8) is 0 Å². The Kier molecular flexibility index (Phi) is 7.26. The molecule has 0 radical (unpaired) electrons. The molecule has 1 amide bonds. The van der Waals surface area contributed by atoms with Crippen LogP contribution in [0.2, 0.25) is 0 Å². The Bertz CT molecular complexity index is 1260. The van der Waals surface area contributed by atoms with Gasteiger partial charge in [-0.15, -0.1) is 0 Å². The lowest BCUT2D eigenvalue weighted by atomic mass is 10.0. The van der Waals surface area contributed by atoms with Gasteiger partial charge < -0.3 is 25.1 Å². The minimum atomic E-state index is -2.74. The number of alkyl halides is 2. The van der Waals surface area contributed by atoms with E-state index in [9.17, 15) is 18.0 Å². The number of carbonyl (C=O) groups is 1. The summed E-state index contributed by atoms with van der Waals surface area (Å²) >= 11 is 0. The highest BCUT2D eigenvalue weighted by Gasteiger charge is 2.31. The molecule has 10 heteroatoms. The van der Waals surface area contributed by atoms with Crippen LogP contribution in [0.1, 0.15) is 42.4 Å². The second kappa shape index (κ2) is 10.2. The van der Waals surface area contributed by atoms with E-state index in [1.807, 2.05) is 20.8 Å². The predicted molar refractivity (Wildman–Crippen MR) is 131 cm³/mol. The third-order valence-corrected chi connectivity index (χ3v) is 6.11. The molecule has 0 saturated heterocycles. The maximum absolute atomic E-state index is 14.5. The van der Waals surface area contributed by atoms with Gasteiger partial charge in [0.25, 0.3) is 5.91 Å². The first-order valence-electron chi connectivity index (χ1n) is 11.6. The third-order valence-electron chi connectivity index (χ3n) is 6.11. The second-order valence-electron chi connectivity index (χ2n) is 9.42. The number of nitrogens with zero attached hydrogens (tertiary/aromatic N) is 1. The molecule has 4 rings (SSSR count). The lowest BCUT2D eigenvalue weighted by Gasteiger charge is -2.23.